The summed E-state index contributed by atoms with van der Waals surface area (Å²) in [5, 5.41) is 0. The van der Waals surface area contributed by atoms with Crippen molar-refractivity contribution in [3.63, 3.8) is 0 Å². The van der Waals surface area contributed by atoms with Gasteiger partial charge in [0.25, 0.3) is 0 Å². The topological polar surface area (TPSA) is 12.5 Å². The summed E-state index contributed by atoms with van der Waals surface area (Å²) in [7, 11) is 0. The fourth-order valence-corrected chi connectivity index (χ4v) is 1.62. The van der Waals surface area contributed by atoms with E-state index in [0.29, 0.717) is 12.1 Å². The van der Waals surface area contributed by atoms with Gasteiger partial charge < -0.3 is 4.74 Å². The van der Waals surface area contributed by atoms with Gasteiger partial charge in [0.2, 0.25) is 0 Å². The average Bonchev–Trinajstić information content (AvgIpc) is 2.13. The lowest BCUT2D eigenvalue weighted by Gasteiger charge is -2.38. The molecule has 1 saturated heterocycles. The van der Waals surface area contributed by atoms with E-state index >= 15 is 0 Å². The Balaban J connectivity index is 2.43. The summed E-state index contributed by atoms with van der Waals surface area (Å²) >= 11 is 0. The Morgan fingerprint density at radius 2 is 2.23 bits per heavy atom. The number of morpholine rings is 1. The van der Waals surface area contributed by atoms with Gasteiger partial charge in [-0.05, 0) is 20.3 Å². The van der Waals surface area contributed by atoms with E-state index in [-0.39, 0.29) is 0 Å². The summed E-state index contributed by atoms with van der Waals surface area (Å²) in [4.78, 5) is 2.46. The molecule has 0 aromatic carbocycles. The van der Waals surface area contributed by atoms with Gasteiger partial charge in [-0.3, -0.25) is 4.90 Å². The number of hydrogen-bond donors (Lipinski definition) is 0. The molecule has 1 heterocycles. The molecular weight excluding hydrogens is 162 g/mol. The molecule has 0 bridgehead atoms. The van der Waals surface area contributed by atoms with E-state index in [0.717, 1.165) is 26.1 Å². The average molecular weight is 183 g/mol. The SMILES string of the molecule is C=C(CC)CN1CCOC(C)C1C. The van der Waals surface area contributed by atoms with Crippen molar-refractivity contribution in [3.05, 3.63) is 12.2 Å². The first-order valence-corrected chi connectivity index (χ1v) is 5.17. The first-order valence-electron chi connectivity index (χ1n) is 5.17. The molecule has 0 saturated carbocycles. The van der Waals surface area contributed by atoms with E-state index in [9.17, 15) is 0 Å². The van der Waals surface area contributed by atoms with Crippen molar-refractivity contribution in [1.29, 1.82) is 0 Å². The first kappa shape index (κ1) is 10.7. The highest BCUT2D eigenvalue weighted by Gasteiger charge is 2.24. The maximum Gasteiger partial charge on any atom is 0.0700 e. The zero-order chi connectivity index (χ0) is 9.84. The van der Waals surface area contributed by atoms with Crippen LogP contribution in [0.2, 0.25) is 0 Å². The van der Waals surface area contributed by atoms with E-state index in [1.165, 1.54) is 5.57 Å². The molecule has 2 heteroatoms. The van der Waals surface area contributed by atoms with Crippen molar-refractivity contribution in [2.24, 2.45) is 0 Å². The van der Waals surface area contributed by atoms with Crippen LogP contribution in [0.4, 0.5) is 0 Å². The zero-order valence-electron chi connectivity index (χ0n) is 9.05. The highest BCUT2D eigenvalue weighted by Crippen LogP contribution is 2.15. The van der Waals surface area contributed by atoms with Crippen LogP contribution >= 0.6 is 0 Å². The van der Waals surface area contributed by atoms with Crippen LogP contribution in [-0.4, -0.2) is 36.7 Å². The fraction of sp³-hybridized carbons (Fsp3) is 0.818. The molecule has 0 N–H and O–H groups in total. The fourth-order valence-electron chi connectivity index (χ4n) is 1.62. The summed E-state index contributed by atoms with van der Waals surface area (Å²) in [5.74, 6) is 0. The second-order valence-electron chi connectivity index (χ2n) is 3.89. The van der Waals surface area contributed by atoms with Gasteiger partial charge in [-0.25, -0.2) is 0 Å². The van der Waals surface area contributed by atoms with Crippen molar-refractivity contribution >= 4 is 0 Å². The Bertz CT molecular complexity index is 179. The lowest BCUT2D eigenvalue weighted by molar-refractivity contribution is -0.0517. The Morgan fingerprint density at radius 1 is 1.54 bits per heavy atom. The number of nitrogens with zero attached hydrogens (tertiary/aromatic N) is 1. The third-order valence-electron chi connectivity index (χ3n) is 2.94. The predicted molar refractivity (Wildman–Crippen MR) is 55.9 cm³/mol. The highest BCUT2D eigenvalue weighted by atomic mass is 16.5. The summed E-state index contributed by atoms with van der Waals surface area (Å²) in [5.41, 5.74) is 1.32. The highest BCUT2D eigenvalue weighted by molar-refractivity contribution is 4.97. The number of ether oxygens (including phenoxy) is 1. The second kappa shape index (κ2) is 4.77. The van der Waals surface area contributed by atoms with E-state index in [1.54, 1.807) is 0 Å². The Hall–Kier alpha value is -0.340. The van der Waals surface area contributed by atoms with E-state index in [1.807, 2.05) is 0 Å². The van der Waals surface area contributed by atoms with Crippen LogP contribution in [0.5, 0.6) is 0 Å². The van der Waals surface area contributed by atoms with Gasteiger partial charge in [-0.2, -0.15) is 0 Å². The molecule has 2 unspecified atom stereocenters. The summed E-state index contributed by atoms with van der Waals surface area (Å²) in [6.45, 7) is 13.5. The van der Waals surface area contributed by atoms with Crippen molar-refractivity contribution < 1.29 is 4.74 Å². The zero-order valence-corrected chi connectivity index (χ0v) is 9.05. The molecule has 1 aliphatic heterocycles. The molecule has 0 radical (unpaired) electrons. The van der Waals surface area contributed by atoms with E-state index in [2.05, 4.69) is 32.3 Å². The minimum Gasteiger partial charge on any atom is -0.376 e. The van der Waals surface area contributed by atoms with Crippen LogP contribution in [0.25, 0.3) is 0 Å². The summed E-state index contributed by atoms with van der Waals surface area (Å²) in [6.07, 6.45) is 1.44. The third kappa shape index (κ3) is 2.82. The van der Waals surface area contributed by atoms with Gasteiger partial charge in [0, 0.05) is 19.1 Å². The van der Waals surface area contributed by atoms with Crippen molar-refractivity contribution in [3.8, 4) is 0 Å². The molecule has 0 aliphatic carbocycles. The molecule has 0 aromatic rings. The molecular formula is C11H21NO. The largest absolute Gasteiger partial charge is 0.376 e. The van der Waals surface area contributed by atoms with Crippen LogP contribution in [0.1, 0.15) is 27.2 Å². The van der Waals surface area contributed by atoms with Gasteiger partial charge >= 0.3 is 0 Å². The summed E-state index contributed by atoms with van der Waals surface area (Å²) < 4.78 is 5.56. The van der Waals surface area contributed by atoms with Gasteiger partial charge in [0.15, 0.2) is 0 Å². The van der Waals surface area contributed by atoms with Crippen LogP contribution in [0.15, 0.2) is 12.2 Å². The number of rotatable bonds is 3. The monoisotopic (exact) mass is 183 g/mol. The second-order valence-corrected chi connectivity index (χ2v) is 3.89. The molecule has 0 spiro atoms. The normalized spacial score (nSPS) is 30.4. The first-order chi connectivity index (χ1) is 6.15. The van der Waals surface area contributed by atoms with Gasteiger partial charge in [0.05, 0.1) is 12.7 Å². The quantitative estimate of drug-likeness (QED) is 0.621. The standard InChI is InChI=1S/C11H21NO/c1-5-9(2)8-12-6-7-13-11(4)10(12)3/h10-11H,2,5-8H2,1,3-4H3. The molecule has 76 valence electrons. The van der Waals surface area contributed by atoms with E-state index in [4.69, 9.17) is 4.74 Å². The molecule has 13 heavy (non-hydrogen) atoms. The lowest BCUT2D eigenvalue weighted by atomic mass is 10.1. The molecule has 2 atom stereocenters. The molecule has 2 nitrogen and oxygen atoms in total. The third-order valence-corrected chi connectivity index (χ3v) is 2.94. The molecule has 0 aromatic heterocycles. The van der Waals surface area contributed by atoms with Crippen LogP contribution in [0, 0.1) is 0 Å². The Morgan fingerprint density at radius 3 is 2.85 bits per heavy atom. The van der Waals surface area contributed by atoms with Crippen LogP contribution in [0.3, 0.4) is 0 Å². The minimum atomic E-state index is 0.360. The minimum absolute atomic E-state index is 0.360. The lowest BCUT2D eigenvalue weighted by Crippen LogP contribution is -2.48. The summed E-state index contributed by atoms with van der Waals surface area (Å²) in [6, 6.07) is 0.525. The maximum atomic E-state index is 5.56. The maximum absolute atomic E-state index is 5.56. The number of hydrogen-bond acceptors (Lipinski definition) is 2. The molecule has 1 fully saturated rings. The van der Waals surface area contributed by atoms with Crippen molar-refractivity contribution in [1.82, 2.24) is 4.90 Å². The van der Waals surface area contributed by atoms with Gasteiger partial charge in [0.1, 0.15) is 0 Å². The molecule has 0 amide bonds. The van der Waals surface area contributed by atoms with Gasteiger partial charge in [-0.15, -0.1) is 0 Å². The van der Waals surface area contributed by atoms with Gasteiger partial charge in [-0.1, -0.05) is 19.1 Å². The Labute approximate surface area is 81.6 Å². The Kier molecular flexibility index (Phi) is 3.94. The van der Waals surface area contributed by atoms with Crippen molar-refractivity contribution in [2.75, 3.05) is 19.7 Å². The predicted octanol–water partition coefficient (Wildman–Crippen LogP) is 2.06. The molecule has 1 rings (SSSR count). The van der Waals surface area contributed by atoms with Crippen molar-refractivity contribution in [2.45, 2.75) is 39.3 Å². The van der Waals surface area contributed by atoms with Crippen LogP contribution < -0.4 is 0 Å². The van der Waals surface area contributed by atoms with E-state index < -0.39 is 0 Å². The smallest absolute Gasteiger partial charge is 0.0700 e. The van der Waals surface area contributed by atoms with Crippen LogP contribution in [-0.2, 0) is 4.74 Å². The molecule has 1 aliphatic rings.